The highest BCUT2D eigenvalue weighted by atomic mass is 16.5. The van der Waals surface area contributed by atoms with Gasteiger partial charge in [-0.25, -0.2) is 0 Å². The molecule has 1 heterocycles. The number of likely N-dealkylation sites (tertiary alicyclic amines) is 1. The average molecular weight is 307 g/mol. The number of amides is 1. The van der Waals surface area contributed by atoms with Crippen LogP contribution < -0.4 is 9.47 Å². The van der Waals surface area contributed by atoms with Crippen LogP contribution in [0.15, 0.2) is 18.2 Å². The van der Waals surface area contributed by atoms with E-state index in [1.807, 2.05) is 13.0 Å². The fraction of sp³-hybridized carbons (Fsp3) is 0.500. The van der Waals surface area contributed by atoms with Crippen LogP contribution in [0.3, 0.4) is 0 Å². The molecule has 1 amide bonds. The minimum atomic E-state index is -0.886. The Morgan fingerprint density at radius 1 is 1.32 bits per heavy atom. The number of benzene rings is 1. The normalized spacial score (nSPS) is 20.5. The second kappa shape index (κ2) is 6.68. The number of hydrogen-bond acceptors (Lipinski definition) is 4. The van der Waals surface area contributed by atoms with Crippen LogP contribution in [0.5, 0.6) is 11.5 Å². The highest BCUT2D eigenvalue weighted by molar-refractivity contribution is 5.87. The molecule has 120 valence electrons. The highest BCUT2D eigenvalue weighted by Gasteiger charge is 2.46. The van der Waals surface area contributed by atoms with Crippen LogP contribution in [0.1, 0.15) is 25.3 Å². The van der Waals surface area contributed by atoms with Crippen molar-refractivity contribution in [2.24, 2.45) is 5.92 Å². The first-order valence-corrected chi connectivity index (χ1v) is 7.25. The summed E-state index contributed by atoms with van der Waals surface area (Å²) in [5.41, 5.74) is 0.835. The lowest BCUT2D eigenvalue weighted by Gasteiger charge is -2.46. The predicted molar refractivity (Wildman–Crippen MR) is 79.9 cm³/mol. The van der Waals surface area contributed by atoms with Gasteiger partial charge in [0.2, 0.25) is 5.91 Å². The molecule has 0 bridgehead atoms. The number of carbonyl (C=O) groups excluding carboxylic acids is 1. The van der Waals surface area contributed by atoms with Gasteiger partial charge in [0, 0.05) is 18.2 Å². The monoisotopic (exact) mass is 307 g/mol. The number of β-lactam (4-membered cyclic amide) rings is 1. The molecule has 0 aliphatic carbocycles. The molecule has 2 unspecified atom stereocenters. The van der Waals surface area contributed by atoms with Crippen LogP contribution in [0, 0.1) is 5.92 Å². The first-order chi connectivity index (χ1) is 10.5. The Kier molecular flexibility index (Phi) is 4.90. The Balaban J connectivity index is 2.18. The Labute approximate surface area is 129 Å². The lowest BCUT2D eigenvalue weighted by Crippen LogP contribution is -2.60. The van der Waals surface area contributed by atoms with E-state index in [0.717, 1.165) is 5.56 Å². The molecule has 1 aromatic carbocycles. The standard InChI is InChI=1S/C16H21NO5/c1-4-12-13(8-15(18)19)17(16(12)20)9-10-5-6-11(21-2)7-14(10)22-3/h5-7,12-13H,4,8-9H2,1-3H3,(H,18,19). The number of carboxylic acids is 1. The van der Waals surface area contributed by atoms with Crippen LogP contribution in [0.4, 0.5) is 0 Å². The molecule has 1 N–H and O–H groups in total. The van der Waals surface area contributed by atoms with Crippen molar-refractivity contribution in [2.45, 2.75) is 32.4 Å². The molecule has 6 nitrogen and oxygen atoms in total. The van der Waals surface area contributed by atoms with E-state index in [1.165, 1.54) is 0 Å². The highest BCUT2D eigenvalue weighted by Crippen LogP contribution is 2.35. The maximum absolute atomic E-state index is 12.2. The molecule has 2 rings (SSSR count). The summed E-state index contributed by atoms with van der Waals surface area (Å²) in [7, 11) is 3.13. The zero-order valence-electron chi connectivity index (χ0n) is 13.0. The zero-order chi connectivity index (χ0) is 16.3. The fourth-order valence-electron chi connectivity index (χ4n) is 2.92. The second-order valence-corrected chi connectivity index (χ2v) is 5.32. The average Bonchev–Trinajstić information content (AvgIpc) is 2.52. The van der Waals surface area contributed by atoms with E-state index in [2.05, 4.69) is 0 Å². The number of methoxy groups -OCH3 is 2. The Morgan fingerprint density at radius 2 is 2.05 bits per heavy atom. The van der Waals surface area contributed by atoms with Crippen molar-refractivity contribution in [1.29, 1.82) is 0 Å². The first-order valence-electron chi connectivity index (χ1n) is 7.25. The third-order valence-corrected chi connectivity index (χ3v) is 4.12. The molecule has 2 atom stereocenters. The lowest BCUT2D eigenvalue weighted by molar-refractivity contribution is -0.161. The molecule has 1 aromatic rings. The Bertz CT molecular complexity index is 572. The number of hydrogen-bond donors (Lipinski definition) is 1. The van der Waals surface area contributed by atoms with Gasteiger partial charge in [0.05, 0.1) is 32.6 Å². The fourth-order valence-corrected chi connectivity index (χ4v) is 2.92. The first kappa shape index (κ1) is 16.1. The minimum absolute atomic E-state index is 0.00613. The molecule has 1 aliphatic heterocycles. The quantitative estimate of drug-likeness (QED) is 0.779. The lowest BCUT2D eigenvalue weighted by atomic mass is 9.82. The summed E-state index contributed by atoms with van der Waals surface area (Å²) in [6, 6.07) is 5.14. The molecule has 0 saturated carbocycles. The van der Waals surface area contributed by atoms with Crippen LogP contribution in [-0.2, 0) is 16.1 Å². The second-order valence-electron chi connectivity index (χ2n) is 5.32. The van der Waals surface area contributed by atoms with Gasteiger partial charge in [-0.1, -0.05) is 6.92 Å². The van der Waals surface area contributed by atoms with Crippen molar-refractivity contribution in [3.05, 3.63) is 23.8 Å². The van der Waals surface area contributed by atoms with Gasteiger partial charge in [0.15, 0.2) is 0 Å². The Hall–Kier alpha value is -2.24. The largest absolute Gasteiger partial charge is 0.497 e. The van der Waals surface area contributed by atoms with E-state index in [1.54, 1.807) is 31.3 Å². The third-order valence-electron chi connectivity index (χ3n) is 4.12. The molecule has 0 aromatic heterocycles. The molecule has 1 fully saturated rings. The van der Waals surface area contributed by atoms with Gasteiger partial charge in [-0.3, -0.25) is 9.59 Å². The maximum Gasteiger partial charge on any atom is 0.305 e. The van der Waals surface area contributed by atoms with Crippen molar-refractivity contribution >= 4 is 11.9 Å². The van der Waals surface area contributed by atoms with Gasteiger partial charge >= 0.3 is 5.97 Å². The smallest absolute Gasteiger partial charge is 0.305 e. The van der Waals surface area contributed by atoms with E-state index in [4.69, 9.17) is 14.6 Å². The molecule has 1 saturated heterocycles. The number of rotatable bonds is 7. The van der Waals surface area contributed by atoms with E-state index in [0.29, 0.717) is 24.5 Å². The van der Waals surface area contributed by atoms with Gasteiger partial charge in [-0.05, 0) is 18.6 Å². The summed E-state index contributed by atoms with van der Waals surface area (Å²) in [6.07, 6.45) is 0.635. The maximum atomic E-state index is 12.2. The van der Waals surface area contributed by atoms with Gasteiger partial charge in [-0.15, -0.1) is 0 Å². The van der Waals surface area contributed by atoms with Crippen LogP contribution in [0.25, 0.3) is 0 Å². The predicted octanol–water partition coefficient (Wildman–Crippen LogP) is 1.92. The van der Waals surface area contributed by atoms with Crippen molar-refractivity contribution in [1.82, 2.24) is 4.90 Å². The zero-order valence-corrected chi connectivity index (χ0v) is 13.0. The summed E-state index contributed by atoms with van der Waals surface area (Å²) >= 11 is 0. The minimum Gasteiger partial charge on any atom is -0.497 e. The van der Waals surface area contributed by atoms with Crippen molar-refractivity contribution in [3.63, 3.8) is 0 Å². The van der Waals surface area contributed by atoms with Gasteiger partial charge < -0.3 is 19.5 Å². The van der Waals surface area contributed by atoms with Gasteiger partial charge in [0.1, 0.15) is 11.5 Å². The van der Waals surface area contributed by atoms with Crippen molar-refractivity contribution in [2.75, 3.05) is 14.2 Å². The number of carboxylic acid groups (broad SMARTS) is 1. The molecular weight excluding hydrogens is 286 g/mol. The summed E-state index contributed by atoms with van der Waals surface area (Å²) in [6.45, 7) is 2.25. The summed E-state index contributed by atoms with van der Waals surface area (Å²) < 4.78 is 10.5. The van der Waals surface area contributed by atoms with Crippen LogP contribution in [-0.4, -0.2) is 42.1 Å². The van der Waals surface area contributed by atoms with E-state index >= 15 is 0 Å². The Morgan fingerprint density at radius 3 is 2.59 bits per heavy atom. The van der Waals surface area contributed by atoms with Crippen LogP contribution in [0.2, 0.25) is 0 Å². The number of nitrogens with zero attached hydrogens (tertiary/aromatic N) is 1. The van der Waals surface area contributed by atoms with E-state index < -0.39 is 5.97 Å². The van der Waals surface area contributed by atoms with Crippen molar-refractivity contribution in [3.8, 4) is 11.5 Å². The van der Waals surface area contributed by atoms with Crippen molar-refractivity contribution < 1.29 is 24.2 Å². The van der Waals surface area contributed by atoms with Crippen LogP contribution >= 0.6 is 0 Å². The summed E-state index contributed by atoms with van der Waals surface area (Å²) in [5, 5.41) is 9.02. The number of ether oxygens (including phenoxy) is 2. The van der Waals surface area contributed by atoms with Gasteiger partial charge in [-0.2, -0.15) is 0 Å². The topological polar surface area (TPSA) is 76.1 Å². The van der Waals surface area contributed by atoms with E-state index in [-0.39, 0.29) is 24.3 Å². The molecule has 6 heteroatoms. The number of carbonyl (C=O) groups is 2. The molecule has 1 aliphatic rings. The molecular formula is C16H21NO5. The van der Waals surface area contributed by atoms with Gasteiger partial charge in [0.25, 0.3) is 0 Å². The molecule has 0 radical (unpaired) electrons. The number of aliphatic carboxylic acids is 1. The SMILES string of the molecule is CCC1C(=O)N(Cc2ccc(OC)cc2OC)C1CC(=O)O. The molecule has 0 spiro atoms. The summed E-state index contributed by atoms with van der Waals surface area (Å²) in [5.74, 6) is 0.222. The summed E-state index contributed by atoms with van der Waals surface area (Å²) in [4.78, 5) is 24.8. The van der Waals surface area contributed by atoms with E-state index in [9.17, 15) is 9.59 Å². The molecule has 22 heavy (non-hydrogen) atoms. The third kappa shape index (κ3) is 3.00.